The van der Waals surface area contributed by atoms with Crippen LogP contribution in [0.3, 0.4) is 0 Å². The third-order valence-corrected chi connectivity index (χ3v) is 3.96. The van der Waals surface area contributed by atoms with Crippen molar-refractivity contribution in [3.63, 3.8) is 0 Å². The van der Waals surface area contributed by atoms with Gasteiger partial charge >= 0.3 is 0 Å². The van der Waals surface area contributed by atoms with E-state index in [0.717, 1.165) is 35.4 Å². The van der Waals surface area contributed by atoms with Crippen LogP contribution in [-0.2, 0) is 4.79 Å². The number of para-hydroxylation sites is 2. The van der Waals surface area contributed by atoms with Gasteiger partial charge in [-0.2, -0.15) is 0 Å². The number of aromatic nitrogens is 1. The number of halogens is 1. The molecule has 0 radical (unpaired) electrons. The Balaban J connectivity index is 1.69. The summed E-state index contributed by atoms with van der Waals surface area (Å²) in [6.45, 7) is 2.09. The Bertz CT molecular complexity index is 659. The number of fused-ring (bicyclic) bond motifs is 1. The Morgan fingerprint density at radius 2 is 2.18 bits per heavy atom. The van der Waals surface area contributed by atoms with E-state index in [-0.39, 0.29) is 5.91 Å². The molecule has 0 spiro atoms. The number of pyridine rings is 1. The fourth-order valence-corrected chi connectivity index (χ4v) is 2.72. The minimum atomic E-state index is -0.0634. The molecule has 22 heavy (non-hydrogen) atoms. The summed E-state index contributed by atoms with van der Waals surface area (Å²) in [5.41, 5.74) is 2.15. The van der Waals surface area contributed by atoms with Crippen LogP contribution in [0.2, 0.25) is 0 Å². The van der Waals surface area contributed by atoms with Crippen molar-refractivity contribution in [2.75, 3.05) is 35.2 Å². The molecule has 1 aromatic heterocycles. The maximum Gasteiger partial charge on any atom is 0.245 e. The van der Waals surface area contributed by atoms with Gasteiger partial charge in [0, 0.05) is 23.8 Å². The fourth-order valence-electron chi connectivity index (χ4n) is 2.48. The van der Waals surface area contributed by atoms with Crippen molar-refractivity contribution in [1.29, 1.82) is 0 Å². The number of nitrogens with zero attached hydrogens (tertiary/aromatic N) is 2. The van der Waals surface area contributed by atoms with Crippen LogP contribution in [0.5, 0.6) is 0 Å². The number of amides is 1. The molecule has 0 saturated heterocycles. The second kappa shape index (κ2) is 6.79. The predicted molar refractivity (Wildman–Crippen MR) is 92.3 cm³/mol. The smallest absolute Gasteiger partial charge is 0.245 e. The number of rotatable bonds is 3. The number of benzene rings is 1. The summed E-state index contributed by atoms with van der Waals surface area (Å²) in [5, 5.41) is 6.23. The first-order chi connectivity index (χ1) is 10.7. The van der Waals surface area contributed by atoms with Crippen molar-refractivity contribution in [1.82, 2.24) is 4.98 Å². The Labute approximate surface area is 137 Å². The fraction of sp³-hybridized carbons (Fsp3) is 0.250. The second-order valence-corrected chi connectivity index (χ2v) is 6.04. The van der Waals surface area contributed by atoms with Crippen LogP contribution >= 0.6 is 15.9 Å². The minimum absolute atomic E-state index is 0.0634. The molecule has 5 nitrogen and oxygen atoms in total. The van der Waals surface area contributed by atoms with Gasteiger partial charge in [-0.3, -0.25) is 4.79 Å². The molecular weight excluding hydrogens is 344 g/mol. The van der Waals surface area contributed by atoms with E-state index in [1.165, 1.54) is 0 Å². The van der Waals surface area contributed by atoms with Crippen LogP contribution in [0.4, 0.5) is 17.2 Å². The molecule has 0 unspecified atom stereocenters. The lowest BCUT2D eigenvalue weighted by Crippen LogP contribution is -2.33. The predicted octanol–water partition coefficient (Wildman–Crippen LogP) is 3.10. The molecule has 2 N–H and O–H groups in total. The van der Waals surface area contributed by atoms with E-state index < -0.39 is 0 Å². The van der Waals surface area contributed by atoms with Crippen molar-refractivity contribution in [3.05, 3.63) is 47.1 Å². The molecule has 1 aromatic carbocycles. The van der Waals surface area contributed by atoms with Gasteiger partial charge < -0.3 is 15.5 Å². The van der Waals surface area contributed by atoms with Gasteiger partial charge in [0.2, 0.25) is 5.91 Å². The van der Waals surface area contributed by atoms with Gasteiger partial charge in [0.25, 0.3) is 0 Å². The van der Waals surface area contributed by atoms with Gasteiger partial charge in [-0.05, 0) is 46.6 Å². The molecule has 0 saturated carbocycles. The van der Waals surface area contributed by atoms with Gasteiger partial charge in [-0.15, -0.1) is 0 Å². The average molecular weight is 361 g/mol. The lowest BCUT2D eigenvalue weighted by Gasteiger charge is -2.23. The topological polar surface area (TPSA) is 57.3 Å². The molecule has 0 atom stereocenters. The number of hydrogen-bond donors (Lipinski definition) is 2. The largest absolute Gasteiger partial charge is 0.383 e. The summed E-state index contributed by atoms with van der Waals surface area (Å²) < 4.78 is 0.887. The van der Waals surface area contributed by atoms with Crippen molar-refractivity contribution in [3.8, 4) is 0 Å². The zero-order chi connectivity index (χ0) is 15.4. The van der Waals surface area contributed by atoms with Crippen molar-refractivity contribution in [2.24, 2.45) is 0 Å². The van der Waals surface area contributed by atoms with Crippen molar-refractivity contribution >= 4 is 39.0 Å². The van der Waals surface area contributed by atoms with Crippen LogP contribution in [0.25, 0.3) is 0 Å². The van der Waals surface area contributed by atoms with E-state index >= 15 is 0 Å². The standard InChI is InChI=1S/C16H17BrN4O/c17-12-6-7-15(19-10-12)20-16(22)11-21-9-3-8-18-13-4-1-2-5-14(13)21/h1-2,4-7,10,18H,3,8-9,11H2,(H,19,20,22). The molecule has 0 aliphatic carbocycles. The molecule has 1 amide bonds. The maximum absolute atomic E-state index is 12.3. The van der Waals surface area contributed by atoms with E-state index in [2.05, 4.69) is 36.4 Å². The highest BCUT2D eigenvalue weighted by Crippen LogP contribution is 2.27. The first-order valence-corrected chi connectivity index (χ1v) is 8.01. The first-order valence-electron chi connectivity index (χ1n) is 7.21. The van der Waals surface area contributed by atoms with Gasteiger partial charge in [0.05, 0.1) is 17.9 Å². The van der Waals surface area contributed by atoms with Crippen LogP contribution < -0.4 is 15.5 Å². The van der Waals surface area contributed by atoms with E-state index in [4.69, 9.17) is 0 Å². The zero-order valence-corrected chi connectivity index (χ0v) is 13.6. The Kier molecular flexibility index (Phi) is 4.58. The SMILES string of the molecule is O=C(CN1CCCNc2ccccc21)Nc1ccc(Br)cn1. The number of carbonyl (C=O) groups is 1. The Morgan fingerprint density at radius 1 is 1.32 bits per heavy atom. The summed E-state index contributed by atoms with van der Waals surface area (Å²) in [6.07, 6.45) is 2.67. The van der Waals surface area contributed by atoms with Crippen molar-refractivity contribution in [2.45, 2.75) is 6.42 Å². The molecule has 1 aliphatic rings. The molecule has 1 aliphatic heterocycles. The molecule has 6 heteroatoms. The van der Waals surface area contributed by atoms with Gasteiger partial charge in [0.15, 0.2) is 0 Å². The van der Waals surface area contributed by atoms with Gasteiger partial charge in [-0.25, -0.2) is 4.98 Å². The number of hydrogen-bond acceptors (Lipinski definition) is 4. The molecule has 114 valence electrons. The third-order valence-electron chi connectivity index (χ3n) is 3.49. The van der Waals surface area contributed by atoms with Crippen LogP contribution in [0, 0.1) is 0 Å². The lowest BCUT2D eigenvalue weighted by atomic mass is 10.2. The summed E-state index contributed by atoms with van der Waals surface area (Å²) in [7, 11) is 0. The normalized spacial score (nSPS) is 13.8. The van der Waals surface area contributed by atoms with Crippen LogP contribution in [0.1, 0.15) is 6.42 Å². The van der Waals surface area contributed by atoms with Gasteiger partial charge in [0.1, 0.15) is 5.82 Å². The number of nitrogens with one attached hydrogen (secondary N) is 2. The first kappa shape index (κ1) is 14.8. The lowest BCUT2D eigenvalue weighted by molar-refractivity contribution is -0.115. The molecule has 0 fully saturated rings. The molecular formula is C16H17BrN4O. The summed E-state index contributed by atoms with van der Waals surface area (Å²) in [6, 6.07) is 11.7. The highest BCUT2D eigenvalue weighted by molar-refractivity contribution is 9.10. The van der Waals surface area contributed by atoms with Crippen molar-refractivity contribution < 1.29 is 4.79 Å². The summed E-state index contributed by atoms with van der Waals surface area (Å²) in [5.74, 6) is 0.501. The van der Waals surface area contributed by atoms with E-state index in [9.17, 15) is 4.79 Å². The van der Waals surface area contributed by atoms with Gasteiger partial charge in [-0.1, -0.05) is 12.1 Å². The third kappa shape index (κ3) is 3.57. The molecule has 0 bridgehead atoms. The Hall–Kier alpha value is -2.08. The van der Waals surface area contributed by atoms with Crippen LogP contribution in [0.15, 0.2) is 47.1 Å². The molecule has 3 rings (SSSR count). The Morgan fingerprint density at radius 3 is 3.00 bits per heavy atom. The highest BCUT2D eigenvalue weighted by Gasteiger charge is 2.17. The number of anilines is 3. The van der Waals surface area contributed by atoms with Crippen LogP contribution in [-0.4, -0.2) is 30.5 Å². The van der Waals surface area contributed by atoms with E-state index in [1.807, 2.05) is 30.3 Å². The zero-order valence-electron chi connectivity index (χ0n) is 12.1. The average Bonchev–Trinajstić information content (AvgIpc) is 2.72. The summed E-state index contributed by atoms with van der Waals surface area (Å²) >= 11 is 3.33. The monoisotopic (exact) mass is 360 g/mol. The molecule has 2 aromatic rings. The highest BCUT2D eigenvalue weighted by atomic mass is 79.9. The van der Waals surface area contributed by atoms with E-state index in [0.29, 0.717) is 12.4 Å². The quantitative estimate of drug-likeness (QED) is 0.882. The maximum atomic E-state index is 12.3. The second-order valence-electron chi connectivity index (χ2n) is 5.13. The molecule has 2 heterocycles. The van der Waals surface area contributed by atoms with E-state index in [1.54, 1.807) is 12.3 Å². The summed E-state index contributed by atoms with van der Waals surface area (Å²) in [4.78, 5) is 18.5. The minimum Gasteiger partial charge on any atom is -0.383 e. The number of carbonyl (C=O) groups excluding carboxylic acids is 1.